The summed E-state index contributed by atoms with van der Waals surface area (Å²) < 4.78 is 0. The lowest BCUT2D eigenvalue weighted by atomic mass is 9.87. The van der Waals surface area contributed by atoms with E-state index in [0.717, 1.165) is 25.9 Å². The molecular weight excluding hydrogens is 240 g/mol. The van der Waals surface area contributed by atoms with E-state index in [9.17, 15) is 0 Å². The molecule has 1 unspecified atom stereocenters. The molecule has 0 aliphatic rings. The Balaban J connectivity index is 2.19. The first kappa shape index (κ1) is 15.7. The Hall–Kier alpha value is -0.380. The van der Waals surface area contributed by atoms with Gasteiger partial charge < -0.3 is 11.1 Å². The maximum Gasteiger partial charge on any atom is 0.0299 e. The van der Waals surface area contributed by atoms with Crippen LogP contribution in [-0.4, -0.2) is 12.6 Å². The van der Waals surface area contributed by atoms with Gasteiger partial charge in [0.2, 0.25) is 0 Å². The Morgan fingerprint density at radius 3 is 2.50 bits per heavy atom. The number of nitrogens with one attached hydrogen (secondary N) is 1. The third kappa shape index (κ3) is 5.98. The molecule has 0 spiro atoms. The van der Waals surface area contributed by atoms with Crippen LogP contribution in [0.3, 0.4) is 0 Å². The highest BCUT2D eigenvalue weighted by atomic mass is 32.1. The summed E-state index contributed by atoms with van der Waals surface area (Å²) in [7, 11) is 0. The quantitative estimate of drug-likeness (QED) is 0.774. The number of aryl methyl sites for hydroxylation is 2. The van der Waals surface area contributed by atoms with E-state index in [0.29, 0.717) is 11.5 Å². The summed E-state index contributed by atoms with van der Waals surface area (Å²) in [4.78, 5) is 2.85. The zero-order valence-electron chi connectivity index (χ0n) is 12.5. The first-order valence-corrected chi connectivity index (χ1v) is 7.62. The number of nitrogens with two attached hydrogens (primary N) is 1. The fourth-order valence-corrected chi connectivity index (χ4v) is 3.15. The highest BCUT2D eigenvalue weighted by Crippen LogP contribution is 2.21. The van der Waals surface area contributed by atoms with Crippen LogP contribution in [0.2, 0.25) is 0 Å². The van der Waals surface area contributed by atoms with Gasteiger partial charge >= 0.3 is 0 Å². The summed E-state index contributed by atoms with van der Waals surface area (Å²) in [6.45, 7) is 13.1. The van der Waals surface area contributed by atoms with Gasteiger partial charge in [-0.2, -0.15) is 0 Å². The Morgan fingerprint density at radius 2 is 2.00 bits per heavy atom. The summed E-state index contributed by atoms with van der Waals surface area (Å²) in [5, 5.41) is 3.49. The van der Waals surface area contributed by atoms with Crippen LogP contribution in [0.15, 0.2) is 6.07 Å². The van der Waals surface area contributed by atoms with Gasteiger partial charge in [0.1, 0.15) is 0 Å². The van der Waals surface area contributed by atoms with E-state index in [4.69, 9.17) is 5.73 Å². The van der Waals surface area contributed by atoms with Gasteiger partial charge in [0, 0.05) is 22.3 Å². The summed E-state index contributed by atoms with van der Waals surface area (Å²) in [6.07, 6.45) is 2.15. The molecule has 0 aliphatic heterocycles. The number of hydrogen-bond acceptors (Lipinski definition) is 3. The van der Waals surface area contributed by atoms with E-state index in [2.05, 4.69) is 46.0 Å². The van der Waals surface area contributed by atoms with Crippen molar-refractivity contribution in [3.63, 3.8) is 0 Å². The third-order valence-electron chi connectivity index (χ3n) is 3.08. The molecular formula is C15H28N2S. The van der Waals surface area contributed by atoms with Gasteiger partial charge in [-0.15, -0.1) is 11.3 Å². The smallest absolute Gasteiger partial charge is 0.0299 e. The second-order valence-corrected chi connectivity index (χ2v) is 7.78. The summed E-state index contributed by atoms with van der Waals surface area (Å²) in [6, 6.07) is 2.59. The van der Waals surface area contributed by atoms with Crippen molar-refractivity contribution in [1.29, 1.82) is 0 Å². The van der Waals surface area contributed by atoms with Crippen LogP contribution in [0.25, 0.3) is 0 Å². The Kier molecular flexibility index (Phi) is 5.83. The molecule has 3 heteroatoms. The predicted molar refractivity (Wildman–Crippen MR) is 82.2 cm³/mol. The van der Waals surface area contributed by atoms with Gasteiger partial charge in [-0.3, -0.25) is 0 Å². The largest absolute Gasteiger partial charge is 0.328 e. The van der Waals surface area contributed by atoms with Gasteiger partial charge in [-0.1, -0.05) is 20.8 Å². The van der Waals surface area contributed by atoms with Crippen molar-refractivity contribution in [2.45, 2.75) is 60.0 Å². The van der Waals surface area contributed by atoms with Crippen molar-refractivity contribution in [2.24, 2.45) is 11.1 Å². The molecule has 0 amide bonds. The fraction of sp³-hybridized carbons (Fsp3) is 0.733. The van der Waals surface area contributed by atoms with Crippen LogP contribution in [0.5, 0.6) is 0 Å². The third-order valence-corrected chi connectivity index (χ3v) is 4.24. The van der Waals surface area contributed by atoms with Gasteiger partial charge in [-0.05, 0) is 50.3 Å². The van der Waals surface area contributed by atoms with Crippen molar-refractivity contribution >= 4 is 11.3 Å². The molecule has 0 bridgehead atoms. The number of rotatable bonds is 6. The van der Waals surface area contributed by atoms with Crippen LogP contribution in [0.4, 0.5) is 0 Å². The van der Waals surface area contributed by atoms with Crippen molar-refractivity contribution in [3.05, 3.63) is 21.4 Å². The van der Waals surface area contributed by atoms with E-state index in [-0.39, 0.29) is 0 Å². The number of hydrogen-bond donors (Lipinski definition) is 2. The molecule has 2 nitrogen and oxygen atoms in total. The highest BCUT2D eigenvalue weighted by molar-refractivity contribution is 7.12. The summed E-state index contributed by atoms with van der Waals surface area (Å²) in [5.74, 6) is 0. The molecule has 0 saturated carbocycles. The van der Waals surface area contributed by atoms with Gasteiger partial charge in [0.15, 0.2) is 0 Å². The molecule has 0 fully saturated rings. The van der Waals surface area contributed by atoms with Gasteiger partial charge in [0.05, 0.1) is 0 Å². The van der Waals surface area contributed by atoms with Crippen LogP contribution in [0, 0.1) is 19.3 Å². The molecule has 0 aliphatic carbocycles. The summed E-state index contributed by atoms with van der Waals surface area (Å²) >= 11 is 1.89. The average Bonchev–Trinajstić information content (AvgIpc) is 2.51. The zero-order valence-corrected chi connectivity index (χ0v) is 13.3. The monoisotopic (exact) mass is 268 g/mol. The number of thiophene rings is 1. The molecule has 18 heavy (non-hydrogen) atoms. The molecule has 1 atom stereocenters. The van der Waals surface area contributed by atoms with Crippen LogP contribution < -0.4 is 11.1 Å². The van der Waals surface area contributed by atoms with Crippen LogP contribution >= 0.6 is 11.3 Å². The first-order chi connectivity index (χ1) is 8.28. The van der Waals surface area contributed by atoms with Crippen molar-refractivity contribution in [1.82, 2.24) is 5.32 Å². The molecule has 104 valence electrons. The minimum Gasteiger partial charge on any atom is -0.328 e. The Morgan fingerprint density at radius 1 is 1.33 bits per heavy atom. The maximum atomic E-state index is 6.13. The van der Waals surface area contributed by atoms with Crippen molar-refractivity contribution < 1.29 is 0 Å². The molecule has 0 saturated heterocycles. The zero-order chi connectivity index (χ0) is 13.8. The SMILES string of the molecule is Cc1cc(CNCCC(N)CC(C)(C)C)sc1C. The normalized spacial score (nSPS) is 13.9. The predicted octanol–water partition coefficient (Wildman–Crippen LogP) is 3.61. The maximum absolute atomic E-state index is 6.13. The highest BCUT2D eigenvalue weighted by Gasteiger charge is 2.15. The van der Waals surface area contributed by atoms with E-state index < -0.39 is 0 Å². The lowest BCUT2D eigenvalue weighted by Gasteiger charge is -2.23. The molecule has 1 aromatic rings. The molecule has 1 aromatic heterocycles. The minimum atomic E-state index is 0.310. The molecule has 3 N–H and O–H groups in total. The van der Waals surface area contributed by atoms with E-state index in [1.54, 1.807) is 0 Å². The van der Waals surface area contributed by atoms with Gasteiger partial charge in [-0.25, -0.2) is 0 Å². The van der Waals surface area contributed by atoms with Crippen molar-refractivity contribution in [3.8, 4) is 0 Å². The lowest BCUT2D eigenvalue weighted by molar-refractivity contribution is 0.329. The lowest BCUT2D eigenvalue weighted by Crippen LogP contribution is -2.30. The average molecular weight is 268 g/mol. The van der Waals surface area contributed by atoms with Crippen molar-refractivity contribution in [2.75, 3.05) is 6.54 Å². The standard InChI is InChI=1S/C15H28N2S/c1-11-8-14(18-12(11)2)10-17-7-6-13(16)9-15(3,4)5/h8,13,17H,6-7,9-10,16H2,1-5H3. The second-order valence-electron chi connectivity index (χ2n) is 6.44. The van der Waals surface area contributed by atoms with Crippen LogP contribution in [-0.2, 0) is 6.54 Å². The van der Waals surface area contributed by atoms with E-state index in [1.165, 1.54) is 15.3 Å². The molecule has 0 aromatic carbocycles. The van der Waals surface area contributed by atoms with Gasteiger partial charge in [0.25, 0.3) is 0 Å². The minimum absolute atomic E-state index is 0.310. The summed E-state index contributed by atoms with van der Waals surface area (Å²) in [5.41, 5.74) is 7.87. The van der Waals surface area contributed by atoms with E-state index >= 15 is 0 Å². The molecule has 0 radical (unpaired) electrons. The van der Waals surface area contributed by atoms with E-state index in [1.807, 2.05) is 11.3 Å². The second kappa shape index (κ2) is 6.69. The Labute approximate surface area is 116 Å². The van der Waals surface area contributed by atoms with Crippen LogP contribution in [0.1, 0.15) is 48.9 Å². The first-order valence-electron chi connectivity index (χ1n) is 6.80. The topological polar surface area (TPSA) is 38.0 Å². The molecule has 1 rings (SSSR count). The fourth-order valence-electron chi connectivity index (χ4n) is 2.12. The molecule has 1 heterocycles. The Bertz CT molecular complexity index is 344.